The van der Waals surface area contributed by atoms with E-state index >= 15 is 0 Å². The number of fused-ring (bicyclic) bond motifs is 3. The number of hydrogen-bond acceptors (Lipinski definition) is 2. The summed E-state index contributed by atoms with van der Waals surface area (Å²) in [6.07, 6.45) is 2.29. The van der Waals surface area contributed by atoms with Crippen LogP contribution in [0.5, 0.6) is 5.75 Å². The Balaban J connectivity index is 1.75. The van der Waals surface area contributed by atoms with Gasteiger partial charge >= 0.3 is 0 Å². The minimum atomic E-state index is -0.266. The van der Waals surface area contributed by atoms with E-state index in [2.05, 4.69) is 14.8 Å². The Morgan fingerprint density at radius 3 is 2.83 bits per heavy atom. The van der Waals surface area contributed by atoms with Crippen molar-refractivity contribution in [3.8, 4) is 5.75 Å². The summed E-state index contributed by atoms with van der Waals surface area (Å²) in [7, 11) is 0. The lowest BCUT2D eigenvalue weighted by Gasteiger charge is -2.26. The van der Waals surface area contributed by atoms with E-state index in [1.165, 1.54) is 12.1 Å². The summed E-state index contributed by atoms with van der Waals surface area (Å²) in [6, 6.07) is 11.7. The van der Waals surface area contributed by atoms with Crippen LogP contribution >= 0.6 is 0 Å². The fraction of sp³-hybridized carbons (Fsp3) is 0.348. The van der Waals surface area contributed by atoms with Crippen molar-refractivity contribution >= 4 is 16.8 Å². The number of carbonyl (C=O) groups excluding carboxylic acids is 1. The van der Waals surface area contributed by atoms with Crippen molar-refractivity contribution in [2.75, 3.05) is 0 Å². The standard InChI is InChI=1S/C23H24F2N2O2/c1-14(2)23(28)26-17-6-8-21-19(11-17)20-12-18(29-25)7-9-22(20)27(21)13-15-4-3-5-16(24)10-15/h3-5,7,9-10,12,14,17H,6,8,11,13H2,1-2H3,(H,26,28). The Morgan fingerprint density at radius 1 is 1.28 bits per heavy atom. The maximum Gasteiger partial charge on any atom is 0.222 e. The first-order valence-corrected chi connectivity index (χ1v) is 9.93. The molecular weight excluding hydrogens is 374 g/mol. The zero-order valence-corrected chi connectivity index (χ0v) is 16.5. The van der Waals surface area contributed by atoms with Crippen LogP contribution in [0, 0.1) is 11.7 Å². The predicted octanol–water partition coefficient (Wildman–Crippen LogP) is 4.72. The molecule has 1 aliphatic carbocycles. The van der Waals surface area contributed by atoms with E-state index in [9.17, 15) is 13.7 Å². The maximum absolute atomic E-state index is 13.7. The summed E-state index contributed by atoms with van der Waals surface area (Å²) in [5.74, 6) is -0.152. The van der Waals surface area contributed by atoms with E-state index in [4.69, 9.17) is 0 Å². The van der Waals surface area contributed by atoms with Crippen molar-refractivity contribution in [1.29, 1.82) is 0 Å². The lowest BCUT2D eigenvalue weighted by molar-refractivity contribution is -0.124. The fourth-order valence-electron chi connectivity index (χ4n) is 4.17. The molecule has 1 heterocycles. The first kappa shape index (κ1) is 19.4. The van der Waals surface area contributed by atoms with E-state index < -0.39 is 0 Å². The van der Waals surface area contributed by atoms with Crippen LogP contribution in [0.15, 0.2) is 42.5 Å². The van der Waals surface area contributed by atoms with Crippen molar-refractivity contribution in [3.63, 3.8) is 0 Å². The van der Waals surface area contributed by atoms with E-state index in [1.54, 1.807) is 18.2 Å². The van der Waals surface area contributed by atoms with Gasteiger partial charge in [0, 0.05) is 39.6 Å². The highest BCUT2D eigenvalue weighted by atomic mass is 19.3. The van der Waals surface area contributed by atoms with Gasteiger partial charge in [-0.3, -0.25) is 9.74 Å². The number of carbonyl (C=O) groups is 1. The summed E-state index contributed by atoms with van der Waals surface area (Å²) in [5, 5.41) is 4.03. The van der Waals surface area contributed by atoms with Gasteiger partial charge in [-0.25, -0.2) is 4.39 Å². The molecule has 0 bridgehead atoms. The molecule has 0 radical (unpaired) electrons. The highest BCUT2D eigenvalue weighted by Gasteiger charge is 2.27. The largest absolute Gasteiger partial charge is 0.353 e. The third-order valence-corrected chi connectivity index (χ3v) is 5.63. The van der Waals surface area contributed by atoms with Crippen LogP contribution in [0.4, 0.5) is 8.92 Å². The number of hydrogen-bond donors (Lipinski definition) is 1. The van der Waals surface area contributed by atoms with Crippen molar-refractivity contribution in [2.45, 2.75) is 45.7 Å². The van der Waals surface area contributed by atoms with Crippen LogP contribution in [-0.4, -0.2) is 16.5 Å². The number of nitrogens with one attached hydrogen (secondary N) is 1. The first-order valence-electron chi connectivity index (χ1n) is 9.93. The van der Waals surface area contributed by atoms with Gasteiger partial charge in [-0.2, -0.15) is 0 Å². The molecule has 3 aromatic rings. The van der Waals surface area contributed by atoms with Crippen molar-refractivity contribution in [1.82, 2.24) is 9.88 Å². The van der Waals surface area contributed by atoms with Crippen molar-refractivity contribution in [3.05, 3.63) is 65.1 Å². The van der Waals surface area contributed by atoms with Crippen molar-refractivity contribution in [2.24, 2.45) is 5.92 Å². The van der Waals surface area contributed by atoms with Crippen LogP contribution in [0.2, 0.25) is 0 Å². The smallest absolute Gasteiger partial charge is 0.222 e. The number of rotatable bonds is 5. The molecule has 0 saturated heterocycles. The van der Waals surface area contributed by atoms with Crippen molar-refractivity contribution < 1.29 is 18.7 Å². The number of amides is 1. The molecule has 6 heteroatoms. The van der Waals surface area contributed by atoms with Crippen LogP contribution in [0.25, 0.3) is 10.9 Å². The van der Waals surface area contributed by atoms with Gasteiger partial charge in [0.2, 0.25) is 5.91 Å². The fourth-order valence-corrected chi connectivity index (χ4v) is 4.17. The molecule has 1 atom stereocenters. The third-order valence-electron chi connectivity index (χ3n) is 5.63. The lowest BCUT2D eigenvalue weighted by Crippen LogP contribution is -2.41. The second-order valence-corrected chi connectivity index (χ2v) is 8.00. The summed E-state index contributed by atoms with van der Waals surface area (Å²) >= 11 is 0. The van der Waals surface area contributed by atoms with Gasteiger partial charge in [0.1, 0.15) is 5.82 Å². The average molecular weight is 398 g/mol. The van der Waals surface area contributed by atoms with Crippen LogP contribution < -0.4 is 10.3 Å². The molecule has 0 spiro atoms. The van der Waals surface area contributed by atoms with E-state index in [-0.39, 0.29) is 29.4 Å². The van der Waals surface area contributed by atoms with E-state index in [0.717, 1.165) is 40.6 Å². The van der Waals surface area contributed by atoms with Gasteiger partial charge in [-0.15, -0.1) is 0 Å². The van der Waals surface area contributed by atoms with E-state index in [0.29, 0.717) is 13.0 Å². The van der Waals surface area contributed by atoms with Gasteiger partial charge < -0.3 is 9.88 Å². The SMILES string of the molecule is CC(C)C(=O)NC1CCc2c(c3cc(OF)ccc3n2Cc2cccc(F)c2)C1. The number of nitrogens with zero attached hydrogens (tertiary/aromatic N) is 1. The zero-order chi connectivity index (χ0) is 20.5. The monoisotopic (exact) mass is 398 g/mol. The first-order chi connectivity index (χ1) is 14.0. The Hall–Kier alpha value is -2.89. The van der Waals surface area contributed by atoms with Gasteiger partial charge in [0.05, 0.1) is 0 Å². The second kappa shape index (κ2) is 7.85. The highest BCUT2D eigenvalue weighted by Crippen LogP contribution is 2.35. The average Bonchev–Trinajstić information content (AvgIpc) is 3.00. The molecule has 29 heavy (non-hydrogen) atoms. The Kier molecular flexibility index (Phi) is 5.26. The predicted molar refractivity (Wildman–Crippen MR) is 108 cm³/mol. The van der Waals surface area contributed by atoms with Gasteiger partial charge in [0.15, 0.2) is 5.75 Å². The third kappa shape index (κ3) is 3.84. The number of benzene rings is 2. The Morgan fingerprint density at radius 2 is 2.10 bits per heavy atom. The van der Waals surface area contributed by atoms with Gasteiger partial charge in [-0.05, 0) is 60.7 Å². The molecule has 1 unspecified atom stereocenters. The topological polar surface area (TPSA) is 43.3 Å². The van der Waals surface area contributed by atoms with Gasteiger partial charge in [0.25, 0.3) is 0 Å². The molecule has 4 rings (SSSR count). The molecule has 2 aromatic carbocycles. The quantitative estimate of drug-likeness (QED) is 0.676. The molecule has 1 aliphatic rings. The summed E-state index contributed by atoms with van der Waals surface area (Å²) < 4.78 is 28.7. The molecule has 1 N–H and O–H groups in total. The maximum atomic E-state index is 13.7. The molecule has 1 amide bonds. The lowest BCUT2D eigenvalue weighted by atomic mass is 9.91. The normalized spacial score (nSPS) is 16.1. The summed E-state index contributed by atoms with van der Waals surface area (Å²) in [4.78, 5) is 16.1. The summed E-state index contributed by atoms with van der Waals surface area (Å²) in [5.41, 5.74) is 4.06. The molecule has 152 valence electrons. The minimum absolute atomic E-state index is 0.0368. The Labute approximate surface area is 168 Å². The van der Waals surface area contributed by atoms with Crippen LogP contribution in [0.3, 0.4) is 0 Å². The van der Waals surface area contributed by atoms with E-state index in [1.807, 2.05) is 26.0 Å². The zero-order valence-electron chi connectivity index (χ0n) is 16.5. The summed E-state index contributed by atoms with van der Waals surface area (Å²) in [6.45, 7) is 4.28. The number of aromatic nitrogens is 1. The number of halogens is 2. The molecule has 1 aromatic heterocycles. The highest BCUT2D eigenvalue weighted by molar-refractivity contribution is 5.87. The Bertz CT molecular complexity index is 1060. The second-order valence-electron chi connectivity index (χ2n) is 8.00. The molecule has 0 saturated carbocycles. The molecule has 0 aliphatic heterocycles. The molecule has 4 nitrogen and oxygen atoms in total. The molecular formula is C23H24F2N2O2. The minimum Gasteiger partial charge on any atom is -0.353 e. The van der Waals surface area contributed by atoms with Crippen LogP contribution in [-0.2, 0) is 24.2 Å². The molecule has 0 fully saturated rings. The van der Waals surface area contributed by atoms with Gasteiger partial charge in [-0.1, -0.05) is 26.0 Å². The van der Waals surface area contributed by atoms with Crippen LogP contribution in [0.1, 0.15) is 37.1 Å².